The van der Waals surface area contributed by atoms with Crippen molar-refractivity contribution in [2.24, 2.45) is 0 Å². The maximum absolute atomic E-state index is 13.0. The van der Waals surface area contributed by atoms with Gasteiger partial charge in [-0.2, -0.15) is 5.26 Å². The van der Waals surface area contributed by atoms with Crippen LogP contribution in [0.4, 0.5) is 4.39 Å². The smallest absolute Gasteiger partial charge is 0.144 e. The second-order valence-electron chi connectivity index (χ2n) is 3.69. The van der Waals surface area contributed by atoms with Crippen LogP contribution in [0, 0.1) is 17.1 Å². The highest BCUT2D eigenvalue weighted by atomic mass is 35.5. The van der Waals surface area contributed by atoms with E-state index in [1.54, 1.807) is 12.1 Å². The molecule has 0 fully saturated rings. The molecule has 1 atom stereocenters. The molecule has 0 saturated heterocycles. The molecular weight excluding hydrogens is 287 g/mol. The van der Waals surface area contributed by atoms with Crippen molar-refractivity contribution >= 4 is 22.4 Å². The van der Waals surface area contributed by atoms with E-state index in [4.69, 9.17) is 16.9 Å². The number of hydrogen-bond donors (Lipinski definition) is 0. The first kappa shape index (κ1) is 13.7. The van der Waals surface area contributed by atoms with Crippen molar-refractivity contribution in [2.75, 3.05) is 0 Å². The van der Waals surface area contributed by atoms with E-state index in [1.165, 1.54) is 24.4 Å². The van der Waals surface area contributed by atoms with E-state index >= 15 is 0 Å². The number of pyridine rings is 1. The maximum Gasteiger partial charge on any atom is 0.144 e. The third kappa shape index (κ3) is 3.16. The summed E-state index contributed by atoms with van der Waals surface area (Å²) in [6.45, 7) is 0. The number of rotatable bonds is 3. The lowest BCUT2D eigenvalue weighted by molar-refractivity contribution is 0.626. The largest absolute Gasteiger partial charge is 0.254 e. The second-order valence-corrected chi connectivity index (χ2v) is 5.55. The van der Waals surface area contributed by atoms with Crippen LogP contribution >= 0.6 is 11.6 Å². The second kappa shape index (κ2) is 5.91. The van der Waals surface area contributed by atoms with E-state index in [0.29, 0.717) is 10.5 Å². The summed E-state index contributed by atoms with van der Waals surface area (Å²) in [5.41, 5.74) is 0.827. The summed E-state index contributed by atoms with van der Waals surface area (Å²) in [4.78, 5) is 4.31. The monoisotopic (exact) mass is 294 g/mol. The molecular formula is C13H8ClFN2OS. The standard InChI is InChI=1S/C13H8ClFN2OS/c14-11-6-10(3-4-12(11)15)19(18)8-9-2-1-5-17-13(9)7-16/h1-6H,8H2. The van der Waals surface area contributed by atoms with Gasteiger partial charge in [0, 0.05) is 16.7 Å². The van der Waals surface area contributed by atoms with E-state index < -0.39 is 16.6 Å². The number of halogens is 2. The van der Waals surface area contributed by atoms with E-state index in [0.717, 1.165) is 0 Å². The number of nitrogens with zero attached hydrogens (tertiary/aromatic N) is 2. The molecule has 0 bridgehead atoms. The van der Waals surface area contributed by atoms with Crippen LogP contribution in [0.25, 0.3) is 0 Å². The Labute approximate surface area is 117 Å². The molecule has 19 heavy (non-hydrogen) atoms. The van der Waals surface area contributed by atoms with Crippen molar-refractivity contribution in [1.29, 1.82) is 5.26 Å². The van der Waals surface area contributed by atoms with E-state index in [-0.39, 0.29) is 16.5 Å². The molecule has 3 nitrogen and oxygen atoms in total. The van der Waals surface area contributed by atoms with Crippen molar-refractivity contribution in [2.45, 2.75) is 10.6 Å². The minimum atomic E-state index is -1.41. The van der Waals surface area contributed by atoms with Gasteiger partial charge in [0.2, 0.25) is 0 Å². The number of aromatic nitrogens is 1. The molecule has 96 valence electrons. The lowest BCUT2D eigenvalue weighted by Gasteiger charge is -2.04. The number of benzene rings is 1. The van der Waals surface area contributed by atoms with Crippen molar-refractivity contribution in [3.63, 3.8) is 0 Å². The normalized spacial score (nSPS) is 11.8. The summed E-state index contributed by atoms with van der Waals surface area (Å²) < 4.78 is 25.2. The predicted molar refractivity (Wildman–Crippen MR) is 70.5 cm³/mol. The summed E-state index contributed by atoms with van der Waals surface area (Å²) in [6.07, 6.45) is 1.50. The van der Waals surface area contributed by atoms with E-state index in [9.17, 15) is 8.60 Å². The fraction of sp³-hybridized carbons (Fsp3) is 0.0769. The maximum atomic E-state index is 13.0. The highest BCUT2D eigenvalue weighted by molar-refractivity contribution is 7.84. The van der Waals surface area contributed by atoms with E-state index in [2.05, 4.69) is 4.98 Å². The molecule has 1 aromatic heterocycles. The van der Waals surface area contributed by atoms with Gasteiger partial charge in [0.25, 0.3) is 0 Å². The Morgan fingerprint density at radius 3 is 2.89 bits per heavy atom. The molecule has 2 aromatic rings. The Morgan fingerprint density at radius 1 is 1.42 bits per heavy atom. The Morgan fingerprint density at radius 2 is 2.21 bits per heavy atom. The van der Waals surface area contributed by atoms with Crippen LogP contribution in [0.15, 0.2) is 41.4 Å². The summed E-state index contributed by atoms with van der Waals surface area (Å²) in [7, 11) is -1.41. The Balaban J connectivity index is 2.26. The van der Waals surface area contributed by atoms with Crippen molar-refractivity contribution in [3.05, 3.63) is 58.6 Å². The molecule has 0 aliphatic heterocycles. The van der Waals surface area contributed by atoms with Crippen LogP contribution in [-0.2, 0) is 16.6 Å². The fourth-order valence-corrected chi connectivity index (χ4v) is 2.90. The van der Waals surface area contributed by atoms with Gasteiger partial charge in [-0.25, -0.2) is 9.37 Å². The van der Waals surface area contributed by atoms with Crippen LogP contribution in [0.1, 0.15) is 11.3 Å². The van der Waals surface area contributed by atoms with Crippen molar-refractivity contribution < 1.29 is 8.60 Å². The van der Waals surface area contributed by atoms with Gasteiger partial charge in [0.05, 0.1) is 21.6 Å². The lowest BCUT2D eigenvalue weighted by Crippen LogP contribution is -2.00. The van der Waals surface area contributed by atoms with Crippen LogP contribution in [0.5, 0.6) is 0 Å². The quantitative estimate of drug-likeness (QED) is 0.874. The van der Waals surface area contributed by atoms with Gasteiger partial charge in [-0.3, -0.25) is 4.21 Å². The van der Waals surface area contributed by atoms with E-state index in [1.807, 2.05) is 6.07 Å². The first-order valence-corrected chi connectivity index (χ1v) is 6.99. The third-order valence-corrected chi connectivity index (χ3v) is 4.08. The average Bonchev–Trinajstić information content (AvgIpc) is 2.42. The van der Waals surface area contributed by atoms with Gasteiger partial charge >= 0.3 is 0 Å². The summed E-state index contributed by atoms with van der Waals surface area (Å²) >= 11 is 5.65. The summed E-state index contributed by atoms with van der Waals surface area (Å²) in [5, 5.41) is 8.83. The van der Waals surface area contributed by atoms with Crippen LogP contribution < -0.4 is 0 Å². The molecule has 2 rings (SSSR count). The molecule has 0 N–H and O–H groups in total. The SMILES string of the molecule is N#Cc1ncccc1CS(=O)c1ccc(F)c(Cl)c1. The summed E-state index contributed by atoms with van der Waals surface area (Å²) in [5.74, 6) is -0.417. The van der Waals surface area contributed by atoms with Gasteiger partial charge in [0.15, 0.2) is 0 Å². The molecule has 0 spiro atoms. The van der Waals surface area contributed by atoms with Gasteiger partial charge in [-0.15, -0.1) is 0 Å². The molecule has 0 aliphatic rings. The minimum Gasteiger partial charge on any atom is -0.254 e. The Kier molecular flexibility index (Phi) is 4.25. The third-order valence-electron chi connectivity index (χ3n) is 2.44. The molecule has 1 heterocycles. The highest BCUT2D eigenvalue weighted by Crippen LogP contribution is 2.20. The molecule has 0 saturated carbocycles. The molecule has 1 aromatic carbocycles. The molecule has 1 unspecified atom stereocenters. The first-order chi connectivity index (χ1) is 9.11. The van der Waals surface area contributed by atoms with Gasteiger partial charge < -0.3 is 0 Å². The molecule has 6 heteroatoms. The Hall–Kier alpha value is -1.77. The number of nitriles is 1. The van der Waals surface area contributed by atoms with Crippen molar-refractivity contribution in [3.8, 4) is 6.07 Å². The molecule has 0 amide bonds. The van der Waals surface area contributed by atoms with Gasteiger partial charge in [0.1, 0.15) is 17.6 Å². The number of hydrogen-bond acceptors (Lipinski definition) is 3. The van der Waals surface area contributed by atoms with Crippen LogP contribution in [0.2, 0.25) is 5.02 Å². The average molecular weight is 295 g/mol. The fourth-order valence-electron chi connectivity index (χ4n) is 1.50. The summed E-state index contributed by atoms with van der Waals surface area (Å²) in [6, 6.07) is 9.22. The molecule has 0 aliphatic carbocycles. The van der Waals surface area contributed by atoms with Crippen molar-refractivity contribution in [1.82, 2.24) is 4.98 Å². The van der Waals surface area contributed by atoms with Gasteiger partial charge in [-0.05, 0) is 24.3 Å². The lowest BCUT2D eigenvalue weighted by atomic mass is 10.2. The van der Waals surface area contributed by atoms with Crippen LogP contribution in [0.3, 0.4) is 0 Å². The predicted octanol–water partition coefficient (Wildman–Crippen LogP) is 3.05. The first-order valence-electron chi connectivity index (χ1n) is 5.29. The highest BCUT2D eigenvalue weighted by Gasteiger charge is 2.11. The zero-order chi connectivity index (χ0) is 13.8. The zero-order valence-corrected chi connectivity index (χ0v) is 11.2. The molecule has 0 radical (unpaired) electrons. The van der Waals surface area contributed by atoms with Gasteiger partial charge in [-0.1, -0.05) is 17.7 Å². The minimum absolute atomic E-state index is 0.0717. The van der Waals surface area contributed by atoms with Crippen LogP contribution in [-0.4, -0.2) is 9.19 Å². The zero-order valence-electron chi connectivity index (χ0n) is 9.64. The Bertz CT molecular complexity index is 685. The topological polar surface area (TPSA) is 53.8 Å².